The molecule has 1 aromatic rings. The second kappa shape index (κ2) is 5.78. The molecule has 0 radical (unpaired) electrons. The lowest BCUT2D eigenvalue weighted by atomic mass is 9.80. The molecule has 0 bridgehead atoms. The summed E-state index contributed by atoms with van der Waals surface area (Å²) in [5.41, 5.74) is 0.456. The molecule has 0 aromatic heterocycles. The first-order chi connectivity index (χ1) is 7.09. The van der Waals surface area contributed by atoms with Gasteiger partial charge in [0.05, 0.1) is 6.61 Å². The summed E-state index contributed by atoms with van der Waals surface area (Å²) >= 11 is 0. The highest BCUT2D eigenvalue weighted by Gasteiger charge is 2.10. The van der Waals surface area contributed by atoms with Crippen LogP contribution in [-0.4, -0.2) is 23.8 Å². The van der Waals surface area contributed by atoms with Crippen LogP contribution in [-0.2, 0) is 0 Å². The minimum absolute atomic E-state index is 0.456. The van der Waals surface area contributed by atoms with E-state index in [-0.39, 0.29) is 0 Å². The van der Waals surface area contributed by atoms with Gasteiger partial charge in [0.1, 0.15) is 5.75 Å². The third kappa shape index (κ3) is 4.36. The zero-order chi connectivity index (χ0) is 11.3. The van der Waals surface area contributed by atoms with E-state index in [1.165, 1.54) is 0 Å². The maximum Gasteiger partial charge on any atom is 0.488 e. The Labute approximate surface area is 90.9 Å². The molecule has 1 rings (SSSR count). The van der Waals surface area contributed by atoms with Crippen molar-refractivity contribution < 1.29 is 14.8 Å². The maximum atomic E-state index is 8.96. The molecule has 0 spiro atoms. The van der Waals surface area contributed by atoms with Crippen LogP contribution in [0.15, 0.2) is 24.3 Å². The van der Waals surface area contributed by atoms with Crippen molar-refractivity contribution in [1.29, 1.82) is 0 Å². The van der Waals surface area contributed by atoms with Crippen LogP contribution in [0.2, 0.25) is 0 Å². The summed E-state index contributed by atoms with van der Waals surface area (Å²) in [4.78, 5) is 0. The Morgan fingerprint density at radius 1 is 1.33 bits per heavy atom. The fourth-order valence-corrected chi connectivity index (χ4v) is 1.18. The second-order valence-electron chi connectivity index (χ2n) is 3.98. The zero-order valence-corrected chi connectivity index (χ0v) is 9.18. The van der Waals surface area contributed by atoms with Gasteiger partial charge in [0, 0.05) is 0 Å². The third-order valence-corrected chi connectivity index (χ3v) is 2.12. The molecule has 0 aliphatic heterocycles. The van der Waals surface area contributed by atoms with Crippen LogP contribution in [0.5, 0.6) is 5.75 Å². The molecule has 1 aromatic carbocycles. The van der Waals surface area contributed by atoms with E-state index in [9.17, 15) is 0 Å². The van der Waals surface area contributed by atoms with Crippen molar-refractivity contribution >= 4 is 12.6 Å². The summed E-state index contributed by atoms with van der Waals surface area (Å²) in [6.07, 6.45) is 0.992. The minimum atomic E-state index is -1.43. The smallest absolute Gasteiger partial charge is 0.488 e. The first kappa shape index (κ1) is 12.1. The summed E-state index contributed by atoms with van der Waals surface area (Å²) in [5, 5.41) is 17.9. The summed E-state index contributed by atoms with van der Waals surface area (Å²) in [7, 11) is -1.43. The highest BCUT2D eigenvalue weighted by Crippen LogP contribution is 2.09. The van der Waals surface area contributed by atoms with Crippen LogP contribution < -0.4 is 10.2 Å². The molecule has 0 saturated heterocycles. The number of ether oxygens (including phenoxy) is 1. The average Bonchev–Trinajstić information content (AvgIpc) is 2.17. The van der Waals surface area contributed by atoms with E-state index in [2.05, 4.69) is 13.8 Å². The molecule has 4 heteroatoms. The van der Waals surface area contributed by atoms with E-state index in [4.69, 9.17) is 14.8 Å². The fraction of sp³-hybridized carbons (Fsp3) is 0.455. The molecule has 0 unspecified atom stereocenters. The molecular weight excluding hydrogens is 191 g/mol. The maximum absolute atomic E-state index is 8.96. The Bertz CT molecular complexity index is 300. The Hall–Kier alpha value is -0.995. The number of hydrogen-bond acceptors (Lipinski definition) is 3. The van der Waals surface area contributed by atoms with Gasteiger partial charge in [0.25, 0.3) is 0 Å². The van der Waals surface area contributed by atoms with Gasteiger partial charge in [-0.25, -0.2) is 0 Å². The van der Waals surface area contributed by atoms with E-state index >= 15 is 0 Å². The highest BCUT2D eigenvalue weighted by molar-refractivity contribution is 6.58. The van der Waals surface area contributed by atoms with Gasteiger partial charge in [0.2, 0.25) is 0 Å². The van der Waals surface area contributed by atoms with Gasteiger partial charge in [-0.15, -0.1) is 0 Å². The standard InChI is InChI=1S/C11H17BO3/c1-9(2)6-7-15-11-5-3-4-10(8-11)12(13)14/h3-5,8-9,13-14H,6-7H2,1-2H3. The molecule has 82 valence electrons. The number of benzene rings is 1. The summed E-state index contributed by atoms with van der Waals surface area (Å²) in [6.45, 7) is 4.93. The Morgan fingerprint density at radius 2 is 2.07 bits per heavy atom. The van der Waals surface area contributed by atoms with E-state index < -0.39 is 7.12 Å². The van der Waals surface area contributed by atoms with Gasteiger partial charge in [0.15, 0.2) is 0 Å². The molecule has 0 saturated carbocycles. The molecule has 0 atom stereocenters. The van der Waals surface area contributed by atoms with Crippen molar-refractivity contribution in [2.24, 2.45) is 5.92 Å². The lowest BCUT2D eigenvalue weighted by Gasteiger charge is -2.09. The highest BCUT2D eigenvalue weighted by atomic mass is 16.5. The largest absolute Gasteiger partial charge is 0.494 e. The van der Waals surface area contributed by atoms with Gasteiger partial charge in [-0.3, -0.25) is 0 Å². The van der Waals surface area contributed by atoms with Gasteiger partial charge >= 0.3 is 7.12 Å². The van der Waals surface area contributed by atoms with Gasteiger partial charge < -0.3 is 14.8 Å². The van der Waals surface area contributed by atoms with Crippen molar-refractivity contribution in [2.75, 3.05) is 6.61 Å². The zero-order valence-electron chi connectivity index (χ0n) is 9.18. The fourth-order valence-electron chi connectivity index (χ4n) is 1.18. The third-order valence-electron chi connectivity index (χ3n) is 2.12. The first-order valence-electron chi connectivity index (χ1n) is 5.18. The van der Waals surface area contributed by atoms with Gasteiger partial charge in [-0.2, -0.15) is 0 Å². The normalized spacial score (nSPS) is 10.5. The Balaban J connectivity index is 2.50. The van der Waals surface area contributed by atoms with Crippen molar-refractivity contribution in [2.45, 2.75) is 20.3 Å². The molecule has 2 N–H and O–H groups in total. The van der Waals surface area contributed by atoms with Crippen LogP contribution in [0.4, 0.5) is 0 Å². The van der Waals surface area contributed by atoms with Gasteiger partial charge in [-0.1, -0.05) is 26.0 Å². The lowest BCUT2D eigenvalue weighted by molar-refractivity contribution is 0.289. The first-order valence-corrected chi connectivity index (χ1v) is 5.18. The van der Waals surface area contributed by atoms with Crippen LogP contribution in [0.25, 0.3) is 0 Å². The van der Waals surface area contributed by atoms with E-state index in [0.29, 0.717) is 23.7 Å². The molecule has 0 fully saturated rings. The van der Waals surface area contributed by atoms with Crippen molar-refractivity contribution in [1.82, 2.24) is 0 Å². The topological polar surface area (TPSA) is 49.7 Å². The SMILES string of the molecule is CC(C)CCOc1cccc(B(O)O)c1. The van der Waals surface area contributed by atoms with E-state index in [0.717, 1.165) is 6.42 Å². The molecule has 0 aliphatic carbocycles. The molecule has 0 heterocycles. The molecule has 0 amide bonds. The summed E-state index contributed by atoms with van der Waals surface area (Å²) in [5.74, 6) is 1.29. The van der Waals surface area contributed by atoms with Crippen LogP contribution in [0.3, 0.4) is 0 Å². The van der Waals surface area contributed by atoms with E-state index in [1.807, 2.05) is 6.07 Å². The molecule has 3 nitrogen and oxygen atoms in total. The van der Waals surface area contributed by atoms with Crippen LogP contribution in [0.1, 0.15) is 20.3 Å². The van der Waals surface area contributed by atoms with Crippen molar-refractivity contribution in [3.63, 3.8) is 0 Å². The number of hydrogen-bond donors (Lipinski definition) is 2. The monoisotopic (exact) mass is 208 g/mol. The van der Waals surface area contributed by atoms with Gasteiger partial charge in [-0.05, 0) is 29.9 Å². The second-order valence-corrected chi connectivity index (χ2v) is 3.98. The van der Waals surface area contributed by atoms with Crippen molar-refractivity contribution in [3.05, 3.63) is 24.3 Å². The molecular formula is C11H17BO3. The molecule has 15 heavy (non-hydrogen) atoms. The summed E-state index contributed by atoms with van der Waals surface area (Å²) < 4.78 is 5.49. The summed E-state index contributed by atoms with van der Waals surface area (Å²) in [6, 6.07) is 6.86. The predicted molar refractivity (Wildman–Crippen MR) is 61.2 cm³/mol. The van der Waals surface area contributed by atoms with Crippen LogP contribution in [0, 0.1) is 5.92 Å². The van der Waals surface area contributed by atoms with Crippen molar-refractivity contribution in [3.8, 4) is 5.75 Å². The molecule has 0 aliphatic rings. The quantitative estimate of drug-likeness (QED) is 0.703. The predicted octanol–water partition coefficient (Wildman–Crippen LogP) is 0.791. The Morgan fingerprint density at radius 3 is 2.67 bits per heavy atom. The average molecular weight is 208 g/mol. The Kier molecular flexibility index (Phi) is 4.65. The van der Waals surface area contributed by atoms with E-state index in [1.54, 1.807) is 18.2 Å². The van der Waals surface area contributed by atoms with Crippen LogP contribution >= 0.6 is 0 Å². The lowest BCUT2D eigenvalue weighted by Crippen LogP contribution is -2.29. The number of rotatable bonds is 5. The minimum Gasteiger partial charge on any atom is -0.494 e.